The molecule has 4 heteroatoms. The average Bonchev–Trinajstić information content (AvgIpc) is 2.80. The maximum absolute atomic E-state index is 5.94. The molecular weight excluding hydrogens is 270 g/mol. The SMILES string of the molecule is ClCCn1c2ccccc2c2nc3ccccc3nc21. The van der Waals surface area contributed by atoms with Gasteiger partial charge in [0.15, 0.2) is 5.65 Å². The molecule has 2 aromatic carbocycles. The molecule has 2 heterocycles. The van der Waals surface area contributed by atoms with Gasteiger partial charge >= 0.3 is 0 Å². The zero-order valence-corrected chi connectivity index (χ0v) is 11.5. The van der Waals surface area contributed by atoms with Crippen LogP contribution in [0.5, 0.6) is 0 Å². The second-order valence-electron chi connectivity index (χ2n) is 4.74. The first kappa shape index (κ1) is 11.7. The van der Waals surface area contributed by atoms with Crippen LogP contribution < -0.4 is 0 Å². The third-order valence-electron chi connectivity index (χ3n) is 3.57. The molecule has 4 rings (SSSR count). The Labute approximate surface area is 120 Å². The number of hydrogen-bond acceptors (Lipinski definition) is 2. The van der Waals surface area contributed by atoms with Gasteiger partial charge in [0.2, 0.25) is 0 Å². The first-order valence-electron chi connectivity index (χ1n) is 6.58. The molecule has 0 fully saturated rings. The minimum Gasteiger partial charge on any atom is -0.323 e. The Bertz CT molecular complexity index is 927. The summed E-state index contributed by atoms with van der Waals surface area (Å²) in [5, 5.41) is 1.13. The second kappa shape index (κ2) is 4.46. The first-order valence-corrected chi connectivity index (χ1v) is 7.11. The molecule has 0 N–H and O–H groups in total. The van der Waals surface area contributed by atoms with E-state index in [0.717, 1.165) is 39.6 Å². The van der Waals surface area contributed by atoms with Crippen molar-refractivity contribution in [2.45, 2.75) is 6.54 Å². The van der Waals surface area contributed by atoms with Gasteiger partial charge in [-0.05, 0) is 18.2 Å². The Morgan fingerprint density at radius 1 is 0.900 bits per heavy atom. The third-order valence-corrected chi connectivity index (χ3v) is 3.73. The van der Waals surface area contributed by atoms with E-state index < -0.39 is 0 Å². The second-order valence-corrected chi connectivity index (χ2v) is 5.12. The molecule has 4 aromatic rings. The fourth-order valence-electron chi connectivity index (χ4n) is 2.69. The van der Waals surface area contributed by atoms with Gasteiger partial charge in [-0.1, -0.05) is 30.3 Å². The maximum atomic E-state index is 5.94. The normalized spacial score (nSPS) is 11.7. The molecule has 0 aliphatic rings. The summed E-state index contributed by atoms with van der Waals surface area (Å²) in [6, 6.07) is 16.2. The molecule has 0 saturated carbocycles. The lowest BCUT2D eigenvalue weighted by Gasteiger charge is -2.03. The largest absolute Gasteiger partial charge is 0.323 e. The minimum atomic E-state index is 0.558. The fourth-order valence-corrected chi connectivity index (χ4v) is 2.86. The number of halogens is 1. The molecule has 0 amide bonds. The zero-order chi connectivity index (χ0) is 13.5. The summed E-state index contributed by atoms with van der Waals surface area (Å²) in [6.07, 6.45) is 0. The van der Waals surface area contributed by atoms with Crippen molar-refractivity contribution in [3.8, 4) is 0 Å². The Balaban J connectivity index is 2.22. The number of aromatic nitrogens is 3. The molecule has 0 radical (unpaired) electrons. The smallest absolute Gasteiger partial charge is 0.160 e. The fraction of sp³-hybridized carbons (Fsp3) is 0.125. The monoisotopic (exact) mass is 281 g/mol. The molecule has 0 spiro atoms. The predicted octanol–water partition coefficient (Wildman–Crippen LogP) is 3.98. The lowest BCUT2D eigenvalue weighted by atomic mass is 10.2. The van der Waals surface area contributed by atoms with Crippen molar-refractivity contribution < 1.29 is 0 Å². The summed E-state index contributed by atoms with van der Waals surface area (Å²) in [6.45, 7) is 0.735. The van der Waals surface area contributed by atoms with E-state index in [4.69, 9.17) is 21.6 Å². The van der Waals surface area contributed by atoms with Crippen molar-refractivity contribution >= 4 is 44.7 Å². The summed E-state index contributed by atoms with van der Waals surface area (Å²) in [7, 11) is 0. The molecule has 0 atom stereocenters. The van der Waals surface area contributed by atoms with Crippen molar-refractivity contribution in [1.29, 1.82) is 0 Å². The number of benzene rings is 2. The van der Waals surface area contributed by atoms with Crippen LogP contribution in [0.25, 0.3) is 33.1 Å². The van der Waals surface area contributed by atoms with E-state index in [1.54, 1.807) is 0 Å². The number of para-hydroxylation sites is 3. The number of rotatable bonds is 2. The minimum absolute atomic E-state index is 0.558. The molecule has 2 aromatic heterocycles. The van der Waals surface area contributed by atoms with E-state index in [1.807, 2.05) is 36.4 Å². The zero-order valence-electron chi connectivity index (χ0n) is 10.8. The highest BCUT2D eigenvalue weighted by Crippen LogP contribution is 2.27. The molecule has 0 bridgehead atoms. The van der Waals surface area contributed by atoms with Crippen LogP contribution in [0.1, 0.15) is 0 Å². The Morgan fingerprint density at radius 3 is 2.40 bits per heavy atom. The maximum Gasteiger partial charge on any atom is 0.160 e. The van der Waals surface area contributed by atoms with Gasteiger partial charge in [-0.3, -0.25) is 0 Å². The first-order chi connectivity index (χ1) is 9.88. The van der Waals surface area contributed by atoms with Crippen LogP contribution in [-0.2, 0) is 6.54 Å². The highest BCUT2D eigenvalue weighted by Gasteiger charge is 2.13. The van der Waals surface area contributed by atoms with Crippen LogP contribution in [-0.4, -0.2) is 20.4 Å². The van der Waals surface area contributed by atoms with Gasteiger partial charge in [-0.2, -0.15) is 0 Å². The van der Waals surface area contributed by atoms with Gasteiger partial charge in [0.1, 0.15) is 5.52 Å². The average molecular weight is 282 g/mol. The third kappa shape index (κ3) is 1.60. The topological polar surface area (TPSA) is 30.7 Å². The summed E-state index contributed by atoms with van der Waals surface area (Å²) < 4.78 is 2.15. The summed E-state index contributed by atoms with van der Waals surface area (Å²) in [4.78, 5) is 9.56. The highest BCUT2D eigenvalue weighted by molar-refractivity contribution is 6.18. The number of fused-ring (bicyclic) bond motifs is 4. The van der Waals surface area contributed by atoms with E-state index in [2.05, 4.69) is 16.7 Å². The number of hydrogen-bond donors (Lipinski definition) is 0. The van der Waals surface area contributed by atoms with Crippen LogP contribution in [0.3, 0.4) is 0 Å². The van der Waals surface area contributed by atoms with Crippen molar-refractivity contribution in [1.82, 2.24) is 14.5 Å². The van der Waals surface area contributed by atoms with Crippen LogP contribution in [0.4, 0.5) is 0 Å². The molecule has 3 nitrogen and oxygen atoms in total. The van der Waals surface area contributed by atoms with E-state index in [9.17, 15) is 0 Å². The highest BCUT2D eigenvalue weighted by atomic mass is 35.5. The summed E-state index contributed by atoms with van der Waals surface area (Å²) >= 11 is 5.94. The van der Waals surface area contributed by atoms with Crippen molar-refractivity contribution in [3.63, 3.8) is 0 Å². The van der Waals surface area contributed by atoms with Gasteiger partial charge in [-0.15, -0.1) is 11.6 Å². The number of alkyl halides is 1. The Hall–Kier alpha value is -2.13. The summed E-state index contributed by atoms with van der Waals surface area (Å²) in [5.41, 5.74) is 4.83. The van der Waals surface area contributed by atoms with E-state index in [-0.39, 0.29) is 0 Å². The van der Waals surface area contributed by atoms with Gasteiger partial charge in [-0.25, -0.2) is 9.97 Å². The quantitative estimate of drug-likeness (QED) is 0.520. The van der Waals surface area contributed by atoms with E-state index in [0.29, 0.717) is 5.88 Å². The van der Waals surface area contributed by atoms with Crippen LogP contribution in [0.15, 0.2) is 48.5 Å². The predicted molar refractivity (Wildman–Crippen MR) is 83.3 cm³/mol. The van der Waals surface area contributed by atoms with Gasteiger partial charge in [0.25, 0.3) is 0 Å². The van der Waals surface area contributed by atoms with Crippen LogP contribution >= 0.6 is 11.6 Å². The molecular formula is C16H12ClN3. The number of aryl methyl sites for hydroxylation is 1. The van der Waals surface area contributed by atoms with Crippen LogP contribution in [0, 0.1) is 0 Å². The van der Waals surface area contributed by atoms with Crippen molar-refractivity contribution in [3.05, 3.63) is 48.5 Å². The molecule has 20 heavy (non-hydrogen) atoms. The molecule has 98 valence electrons. The molecule has 0 aliphatic heterocycles. The lowest BCUT2D eigenvalue weighted by molar-refractivity contribution is 0.823. The molecule has 0 aliphatic carbocycles. The summed E-state index contributed by atoms with van der Waals surface area (Å²) in [5.74, 6) is 0.558. The van der Waals surface area contributed by atoms with Gasteiger partial charge in [0, 0.05) is 17.8 Å². The Morgan fingerprint density at radius 2 is 1.60 bits per heavy atom. The molecule has 0 saturated heterocycles. The van der Waals surface area contributed by atoms with Gasteiger partial charge in [0.05, 0.1) is 16.6 Å². The number of nitrogens with zero attached hydrogens (tertiary/aromatic N) is 3. The standard InChI is InChI=1S/C16H12ClN3/c17-9-10-20-14-8-4-1-5-11(14)15-16(20)19-13-7-3-2-6-12(13)18-15/h1-8H,9-10H2. The lowest BCUT2D eigenvalue weighted by Crippen LogP contribution is -2.00. The van der Waals surface area contributed by atoms with Crippen LogP contribution in [0.2, 0.25) is 0 Å². The van der Waals surface area contributed by atoms with E-state index >= 15 is 0 Å². The van der Waals surface area contributed by atoms with Crippen molar-refractivity contribution in [2.24, 2.45) is 0 Å². The van der Waals surface area contributed by atoms with Crippen molar-refractivity contribution in [2.75, 3.05) is 5.88 Å². The van der Waals surface area contributed by atoms with E-state index in [1.165, 1.54) is 0 Å². The molecule has 0 unspecified atom stereocenters. The Kier molecular flexibility index (Phi) is 2.60. The van der Waals surface area contributed by atoms with Gasteiger partial charge < -0.3 is 4.57 Å².